The lowest BCUT2D eigenvalue weighted by Crippen LogP contribution is -2.50. The summed E-state index contributed by atoms with van der Waals surface area (Å²) in [5.41, 5.74) is 1.90. The quantitative estimate of drug-likeness (QED) is 0.787. The van der Waals surface area contributed by atoms with Crippen molar-refractivity contribution in [2.75, 3.05) is 19.6 Å². The Labute approximate surface area is 166 Å². The fourth-order valence-electron chi connectivity index (χ4n) is 4.25. The molecule has 0 radical (unpaired) electrons. The van der Waals surface area contributed by atoms with Gasteiger partial charge in [0.2, 0.25) is 5.91 Å². The molecular weight excluding hydrogens is 384 g/mol. The number of carbonyl (C=O) groups is 2. The molecule has 2 amide bonds. The van der Waals surface area contributed by atoms with Crippen molar-refractivity contribution < 1.29 is 18.4 Å². The first-order valence-electron chi connectivity index (χ1n) is 9.33. The number of carbonyl (C=O) groups excluding carboxylic acids is 2. The zero-order valence-corrected chi connectivity index (χ0v) is 16.4. The van der Waals surface area contributed by atoms with Crippen molar-refractivity contribution in [2.24, 2.45) is 5.41 Å². The van der Waals surface area contributed by atoms with E-state index in [1.807, 2.05) is 0 Å². The number of nitrogens with zero attached hydrogens (tertiary/aromatic N) is 3. The molecule has 1 spiro atoms. The molecule has 0 bridgehead atoms. The first-order chi connectivity index (χ1) is 13.4. The molecule has 1 aromatic heterocycles. The molecule has 5 nitrogen and oxygen atoms in total. The van der Waals surface area contributed by atoms with Crippen LogP contribution in [0.25, 0.3) is 0 Å². The standard InChI is InChI=1S/C20H21F2N3O2S/c1-13-17(28-12-23-13)18(26)25-9-7-20(11-25)6-3-8-24(19(20)27)10-14-4-2-5-15(21)16(14)22/h2,4-5,12H,3,6-11H2,1H3. The van der Waals surface area contributed by atoms with Crippen molar-refractivity contribution in [3.63, 3.8) is 0 Å². The largest absolute Gasteiger partial charge is 0.338 e. The number of benzene rings is 1. The van der Waals surface area contributed by atoms with Crippen LogP contribution < -0.4 is 0 Å². The van der Waals surface area contributed by atoms with Gasteiger partial charge in [0.1, 0.15) is 4.88 Å². The topological polar surface area (TPSA) is 53.5 Å². The predicted octanol–water partition coefficient (Wildman–Crippen LogP) is 3.38. The van der Waals surface area contributed by atoms with Gasteiger partial charge in [0.15, 0.2) is 11.6 Å². The third-order valence-corrected chi connectivity index (χ3v) is 6.71. The molecule has 28 heavy (non-hydrogen) atoms. The SMILES string of the molecule is Cc1ncsc1C(=O)N1CCC2(CCCN(Cc3cccc(F)c3F)C2=O)C1. The second-order valence-electron chi connectivity index (χ2n) is 7.57. The molecular formula is C20H21F2N3O2S. The average molecular weight is 405 g/mol. The molecule has 4 rings (SSSR count). The van der Waals surface area contributed by atoms with Gasteiger partial charge in [0.25, 0.3) is 5.91 Å². The van der Waals surface area contributed by atoms with Gasteiger partial charge in [0.05, 0.1) is 16.6 Å². The van der Waals surface area contributed by atoms with Gasteiger partial charge in [-0.1, -0.05) is 12.1 Å². The fourth-order valence-corrected chi connectivity index (χ4v) is 5.02. The Bertz CT molecular complexity index is 932. The molecule has 1 aromatic carbocycles. The van der Waals surface area contributed by atoms with Gasteiger partial charge in [-0.05, 0) is 32.3 Å². The van der Waals surface area contributed by atoms with Gasteiger partial charge in [-0.3, -0.25) is 9.59 Å². The van der Waals surface area contributed by atoms with Crippen molar-refractivity contribution in [3.8, 4) is 0 Å². The Morgan fingerprint density at radius 2 is 2.11 bits per heavy atom. The third kappa shape index (κ3) is 3.19. The summed E-state index contributed by atoms with van der Waals surface area (Å²) in [4.78, 5) is 34.1. The van der Waals surface area contributed by atoms with Crippen molar-refractivity contribution in [2.45, 2.75) is 32.7 Å². The highest BCUT2D eigenvalue weighted by molar-refractivity contribution is 7.11. The number of rotatable bonds is 3. The Kier molecular flexibility index (Phi) is 4.91. The molecule has 0 saturated carbocycles. The van der Waals surface area contributed by atoms with Crippen molar-refractivity contribution in [3.05, 3.63) is 51.5 Å². The van der Waals surface area contributed by atoms with E-state index in [1.54, 1.807) is 22.2 Å². The Morgan fingerprint density at radius 3 is 2.86 bits per heavy atom. The fraction of sp³-hybridized carbons (Fsp3) is 0.450. The maximum absolute atomic E-state index is 14.0. The van der Waals surface area contributed by atoms with Gasteiger partial charge >= 0.3 is 0 Å². The molecule has 2 aliphatic heterocycles. The number of aryl methyl sites for hydroxylation is 1. The summed E-state index contributed by atoms with van der Waals surface area (Å²) in [7, 11) is 0. The molecule has 1 unspecified atom stereocenters. The van der Waals surface area contributed by atoms with Gasteiger partial charge in [-0.2, -0.15) is 0 Å². The number of piperidine rings is 1. The molecule has 0 N–H and O–H groups in total. The average Bonchev–Trinajstić information content (AvgIpc) is 3.30. The number of thiazole rings is 1. The predicted molar refractivity (Wildman–Crippen MR) is 101 cm³/mol. The molecule has 2 saturated heterocycles. The highest BCUT2D eigenvalue weighted by Crippen LogP contribution is 2.41. The van der Waals surface area contributed by atoms with Crippen LogP contribution in [0.1, 0.15) is 40.2 Å². The summed E-state index contributed by atoms with van der Waals surface area (Å²) in [5, 5.41) is 0. The molecule has 1 atom stereocenters. The number of amides is 2. The summed E-state index contributed by atoms with van der Waals surface area (Å²) >= 11 is 1.31. The second kappa shape index (κ2) is 7.24. The van der Waals surface area contributed by atoms with Crippen LogP contribution in [-0.4, -0.2) is 46.2 Å². The highest BCUT2D eigenvalue weighted by atomic mass is 32.1. The van der Waals surface area contributed by atoms with Gasteiger partial charge in [-0.25, -0.2) is 13.8 Å². The molecule has 2 aliphatic rings. The van der Waals surface area contributed by atoms with E-state index < -0.39 is 17.0 Å². The van der Waals surface area contributed by atoms with E-state index in [9.17, 15) is 18.4 Å². The van der Waals surface area contributed by atoms with Gasteiger partial charge in [0, 0.05) is 31.7 Å². The van der Waals surface area contributed by atoms with E-state index in [2.05, 4.69) is 4.98 Å². The summed E-state index contributed by atoms with van der Waals surface area (Å²) in [6, 6.07) is 4.02. The minimum atomic E-state index is -0.908. The van der Waals surface area contributed by atoms with Crippen LogP contribution in [0.5, 0.6) is 0 Å². The second-order valence-corrected chi connectivity index (χ2v) is 8.42. The van der Waals surface area contributed by atoms with E-state index in [0.29, 0.717) is 43.0 Å². The minimum Gasteiger partial charge on any atom is -0.338 e. The van der Waals surface area contributed by atoms with Crippen molar-refractivity contribution >= 4 is 23.2 Å². The lowest BCUT2D eigenvalue weighted by atomic mass is 9.78. The van der Waals surface area contributed by atoms with Crippen LogP contribution in [0.4, 0.5) is 8.78 Å². The van der Waals surface area contributed by atoms with Crippen molar-refractivity contribution in [1.82, 2.24) is 14.8 Å². The Morgan fingerprint density at radius 1 is 1.29 bits per heavy atom. The first kappa shape index (κ1) is 19.0. The van der Waals surface area contributed by atoms with E-state index in [4.69, 9.17) is 0 Å². The van der Waals surface area contributed by atoms with E-state index in [1.165, 1.54) is 23.5 Å². The molecule has 3 heterocycles. The number of hydrogen-bond acceptors (Lipinski definition) is 4. The zero-order valence-electron chi connectivity index (χ0n) is 15.6. The van der Waals surface area contributed by atoms with Crippen LogP contribution in [0.15, 0.2) is 23.7 Å². The molecule has 2 aromatic rings. The Balaban J connectivity index is 1.51. The Hall–Kier alpha value is -2.35. The van der Waals surface area contributed by atoms with E-state index in [0.717, 1.165) is 12.5 Å². The third-order valence-electron chi connectivity index (χ3n) is 5.80. The maximum atomic E-state index is 14.0. The summed E-state index contributed by atoms with van der Waals surface area (Å²) in [6.45, 7) is 3.25. The molecule has 148 valence electrons. The maximum Gasteiger partial charge on any atom is 0.265 e. The number of likely N-dealkylation sites (tertiary alicyclic amines) is 2. The zero-order chi connectivity index (χ0) is 19.9. The monoisotopic (exact) mass is 405 g/mol. The normalized spacial score (nSPS) is 22.3. The number of hydrogen-bond donors (Lipinski definition) is 0. The molecule has 0 aliphatic carbocycles. The minimum absolute atomic E-state index is 0.0477. The van der Waals surface area contributed by atoms with Crippen molar-refractivity contribution in [1.29, 1.82) is 0 Å². The molecule has 2 fully saturated rings. The molecule has 8 heteroatoms. The number of aromatic nitrogens is 1. The summed E-state index contributed by atoms with van der Waals surface area (Å²) < 4.78 is 27.6. The van der Waals surface area contributed by atoms with Crippen LogP contribution in [-0.2, 0) is 11.3 Å². The first-order valence-corrected chi connectivity index (χ1v) is 10.2. The van der Waals surface area contributed by atoms with Crippen LogP contribution >= 0.6 is 11.3 Å². The number of halogens is 2. The lowest BCUT2D eigenvalue weighted by molar-refractivity contribution is -0.146. The highest BCUT2D eigenvalue weighted by Gasteiger charge is 2.49. The van der Waals surface area contributed by atoms with Crippen LogP contribution in [0.3, 0.4) is 0 Å². The smallest absolute Gasteiger partial charge is 0.265 e. The lowest BCUT2D eigenvalue weighted by Gasteiger charge is -2.39. The summed E-state index contributed by atoms with van der Waals surface area (Å²) in [5.74, 6) is -1.97. The van der Waals surface area contributed by atoms with Gasteiger partial charge in [-0.15, -0.1) is 11.3 Å². The van der Waals surface area contributed by atoms with E-state index in [-0.39, 0.29) is 23.9 Å². The van der Waals surface area contributed by atoms with Gasteiger partial charge < -0.3 is 9.80 Å². The van der Waals surface area contributed by atoms with E-state index >= 15 is 0 Å². The van der Waals surface area contributed by atoms with Crippen LogP contribution in [0, 0.1) is 24.0 Å². The van der Waals surface area contributed by atoms with Crippen LogP contribution in [0.2, 0.25) is 0 Å². The summed E-state index contributed by atoms with van der Waals surface area (Å²) in [6.07, 6.45) is 2.08.